The van der Waals surface area contributed by atoms with E-state index in [1.54, 1.807) is 11.3 Å². The van der Waals surface area contributed by atoms with Crippen molar-refractivity contribution in [1.82, 2.24) is 5.32 Å². The van der Waals surface area contributed by atoms with Gasteiger partial charge in [0.2, 0.25) is 0 Å². The number of fused-ring (bicyclic) bond motifs is 2. The monoisotopic (exact) mass is 457 g/mol. The Kier molecular flexibility index (Phi) is 6.68. The highest BCUT2D eigenvalue weighted by Crippen LogP contribution is 2.32. The molecule has 0 spiro atoms. The number of nitrogens with one attached hydrogen (secondary N) is 1. The SMILES string of the molecule is Cc1cc2c(s1)CCC(CNC1CCC(Oc3ccc4ccccc4c3)C1O)C2=O.Cl. The van der Waals surface area contributed by atoms with Crippen LogP contribution in [-0.4, -0.2) is 35.7 Å². The molecule has 2 aliphatic rings. The average molecular weight is 458 g/mol. The molecule has 0 saturated heterocycles. The van der Waals surface area contributed by atoms with Crippen LogP contribution in [0.2, 0.25) is 0 Å². The summed E-state index contributed by atoms with van der Waals surface area (Å²) in [6.07, 6.45) is 2.72. The van der Waals surface area contributed by atoms with Gasteiger partial charge in [-0.05, 0) is 61.6 Å². The van der Waals surface area contributed by atoms with Crippen LogP contribution in [0.4, 0.5) is 0 Å². The zero-order valence-corrected chi connectivity index (χ0v) is 19.2. The number of aliphatic hydroxyl groups is 1. The van der Waals surface area contributed by atoms with Gasteiger partial charge in [-0.2, -0.15) is 0 Å². The lowest BCUT2D eigenvalue weighted by Crippen LogP contribution is -2.44. The van der Waals surface area contributed by atoms with E-state index in [0.717, 1.165) is 42.4 Å². The molecular weight excluding hydrogens is 430 g/mol. The molecule has 0 bridgehead atoms. The molecule has 3 aromatic rings. The van der Waals surface area contributed by atoms with Gasteiger partial charge in [-0.1, -0.05) is 30.3 Å². The van der Waals surface area contributed by atoms with Crippen LogP contribution in [0.25, 0.3) is 10.8 Å². The van der Waals surface area contributed by atoms with E-state index in [4.69, 9.17) is 4.74 Å². The number of halogens is 1. The van der Waals surface area contributed by atoms with Crippen molar-refractivity contribution in [3.05, 3.63) is 63.8 Å². The Morgan fingerprint density at radius 1 is 1.10 bits per heavy atom. The molecule has 1 heterocycles. The lowest BCUT2D eigenvalue weighted by atomic mass is 9.87. The molecule has 1 saturated carbocycles. The largest absolute Gasteiger partial charge is 0.488 e. The third-order valence-corrected chi connectivity index (χ3v) is 7.59. The highest BCUT2D eigenvalue weighted by molar-refractivity contribution is 7.12. The van der Waals surface area contributed by atoms with Crippen molar-refractivity contribution >= 4 is 40.3 Å². The Hall–Kier alpha value is -1.92. The molecule has 5 rings (SSSR count). The summed E-state index contributed by atoms with van der Waals surface area (Å²) < 4.78 is 6.13. The van der Waals surface area contributed by atoms with Gasteiger partial charge in [0.05, 0.1) is 0 Å². The summed E-state index contributed by atoms with van der Waals surface area (Å²) in [6, 6.07) is 16.2. The second-order valence-electron chi connectivity index (χ2n) is 8.54. The van der Waals surface area contributed by atoms with Crippen molar-refractivity contribution in [2.75, 3.05) is 6.54 Å². The fraction of sp³-hybridized carbons (Fsp3) is 0.400. The number of benzene rings is 2. The maximum atomic E-state index is 12.8. The zero-order valence-electron chi connectivity index (χ0n) is 17.5. The molecule has 0 aliphatic heterocycles. The Bertz CT molecular complexity index is 1080. The maximum absolute atomic E-state index is 12.8. The summed E-state index contributed by atoms with van der Waals surface area (Å²) in [5.74, 6) is 1.05. The third kappa shape index (κ3) is 4.51. The molecule has 1 aromatic heterocycles. The van der Waals surface area contributed by atoms with Gasteiger partial charge >= 0.3 is 0 Å². The van der Waals surface area contributed by atoms with Crippen LogP contribution in [-0.2, 0) is 6.42 Å². The van der Waals surface area contributed by atoms with E-state index in [0.29, 0.717) is 6.54 Å². The first-order chi connectivity index (χ1) is 14.6. The van der Waals surface area contributed by atoms with E-state index in [9.17, 15) is 9.90 Å². The zero-order chi connectivity index (χ0) is 20.7. The third-order valence-electron chi connectivity index (χ3n) is 6.48. The van der Waals surface area contributed by atoms with Crippen molar-refractivity contribution in [3.63, 3.8) is 0 Å². The molecule has 2 N–H and O–H groups in total. The lowest BCUT2D eigenvalue weighted by molar-refractivity contribution is 0.0442. The van der Waals surface area contributed by atoms with Gasteiger partial charge in [0, 0.05) is 33.8 Å². The van der Waals surface area contributed by atoms with Gasteiger partial charge in [0.25, 0.3) is 0 Å². The minimum Gasteiger partial charge on any atom is -0.488 e. The van der Waals surface area contributed by atoms with Crippen LogP contribution in [0.3, 0.4) is 0 Å². The number of ketones is 1. The fourth-order valence-corrected chi connectivity index (χ4v) is 5.87. The molecule has 6 heteroatoms. The number of hydrogen-bond donors (Lipinski definition) is 2. The number of thiophene rings is 1. The molecule has 4 nitrogen and oxygen atoms in total. The number of aryl methyl sites for hydroxylation is 2. The van der Waals surface area contributed by atoms with E-state index in [-0.39, 0.29) is 36.3 Å². The summed E-state index contributed by atoms with van der Waals surface area (Å²) in [6.45, 7) is 2.69. The average Bonchev–Trinajstić information content (AvgIpc) is 3.30. The Morgan fingerprint density at radius 2 is 1.90 bits per heavy atom. The van der Waals surface area contributed by atoms with Crippen LogP contribution in [0.5, 0.6) is 5.75 Å². The van der Waals surface area contributed by atoms with Crippen molar-refractivity contribution in [3.8, 4) is 5.75 Å². The summed E-state index contributed by atoms with van der Waals surface area (Å²) in [4.78, 5) is 15.3. The van der Waals surface area contributed by atoms with E-state index in [2.05, 4.69) is 30.4 Å². The number of carbonyl (C=O) groups excluding carboxylic acids is 1. The van der Waals surface area contributed by atoms with Crippen molar-refractivity contribution in [2.24, 2.45) is 5.92 Å². The van der Waals surface area contributed by atoms with Crippen LogP contribution >= 0.6 is 23.7 Å². The number of rotatable bonds is 5. The molecule has 0 amide bonds. The first-order valence-electron chi connectivity index (χ1n) is 10.8. The second-order valence-corrected chi connectivity index (χ2v) is 9.88. The molecule has 4 atom stereocenters. The van der Waals surface area contributed by atoms with Crippen LogP contribution in [0.1, 0.15) is 39.4 Å². The van der Waals surface area contributed by atoms with Gasteiger partial charge in [-0.25, -0.2) is 0 Å². The van der Waals surface area contributed by atoms with Crippen LogP contribution < -0.4 is 10.1 Å². The number of Topliss-reactive ketones (excluding diaryl/α,β-unsaturated/α-hetero) is 1. The van der Waals surface area contributed by atoms with E-state index in [1.807, 2.05) is 30.3 Å². The number of hydrogen-bond acceptors (Lipinski definition) is 5. The van der Waals surface area contributed by atoms with Crippen LogP contribution in [0, 0.1) is 12.8 Å². The predicted molar refractivity (Wildman–Crippen MR) is 128 cm³/mol. The fourth-order valence-electron chi connectivity index (χ4n) is 4.81. The molecule has 164 valence electrons. The first-order valence-corrected chi connectivity index (χ1v) is 11.6. The smallest absolute Gasteiger partial charge is 0.168 e. The molecule has 0 radical (unpaired) electrons. The topological polar surface area (TPSA) is 58.6 Å². The molecule has 4 unspecified atom stereocenters. The highest BCUT2D eigenvalue weighted by atomic mass is 35.5. The quantitative estimate of drug-likeness (QED) is 0.570. The Morgan fingerprint density at radius 3 is 2.74 bits per heavy atom. The molecule has 31 heavy (non-hydrogen) atoms. The molecule has 1 fully saturated rings. The van der Waals surface area contributed by atoms with Crippen molar-refractivity contribution in [1.29, 1.82) is 0 Å². The molecule has 2 aromatic carbocycles. The summed E-state index contributed by atoms with van der Waals surface area (Å²) in [5.41, 5.74) is 0.917. The second kappa shape index (κ2) is 9.29. The number of carbonyl (C=O) groups is 1. The standard InChI is InChI=1S/C25H27NO3S.ClH/c1-15-12-20-23(30-15)11-7-18(24(20)27)14-26-21-9-10-22(25(21)28)29-19-8-6-16-4-2-3-5-17(16)13-19;/h2-6,8,12-13,18,21-22,25-26,28H,7,9-11,14H2,1H3;1H. The van der Waals surface area contributed by atoms with Gasteiger partial charge in [-0.3, -0.25) is 4.79 Å². The minimum atomic E-state index is -0.575. The Balaban J connectivity index is 0.00000231. The summed E-state index contributed by atoms with van der Waals surface area (Å²) in [7, 11) is 0. The lowest BCUT2D eigenvalue weighted by Gasteiger charge is -2.25. The number of ether oxygens (including phenoxy) is 1. The van der Waals surface area contributed by atoms with E-state index >= 15 is 0 Å². The van der Waals surface area contributed by atoms with Crippen LogP contribution in [0.15, 0.2) is 48.5 Å². The Labute approximate surface area is 193 Å². The van der Waals surface area contributed by atoms with E-state index < -0.39 is 6.10 Å². The van der Waals surface area contributed by atoms with Gasteiger partial charge in [-0.15, -0.1) is 23.7 Å². The minimum absolute atomic E-state index is 0. The summed E-state index contributed by atoms with van der Waals surface area (Å²) >= 11 is 1.74. The van der Waals surface area contributed by atoms with E-state index in [1.165, 1.54) is 15.1 Å². The van der Waals surface area contributed by atoms with Gasteiger partial charge in [0.1, 0.15) is 18.0 Å². The maximum Gasteiger partial charge on any atom is 0.168 e. The molecule has 2 aliphatic carbocycles. The highest BCUT2D eigenvalue weighted by Gasteiger charge is 2.37. The number of aliphatic hydroxyl groups excluding tert-OH is 1. The first kappa shape index (κ1) is 22.3. The molecular formula is C25H28ClNO3S. The summed E-state index contributed by atoms with van der Waals surface area (Å²) in [5, 5.41) is 16.6. The predicted octanol–water partition coefficient (Wildman–Crippen LogP) is 4.94. The van der Waals surface area contributed by atoms with Gasteiger partial charge < -0.3 is 15.2 Å². The normalized spacial score (nSPS) is 25.3. The van der Waals surface area contributed by atoms with Crippen molar-refractivity contribution < 1.29 is 14.6 Å². The van der Waals surface area contributed by atoms with Crippen molar-refractivity contribution in [2.45, 2.75) is 50.9 Å². The van der Waals surface area contributed by atoms with Gasteiger partial charge in [0.15, 0.2) is 5.78 Å².